The first-order chi connectivity index (χ1) is 20.4. The van der Waals surface area contributed by atoms with Gasteiger partial charge in [0.25, 0.3) is 5.91 Å². The lowest BCUT2D eigenvalue weighted by molar-refractivity contribution is -0.139. The Morgan fingerprint density at radius 3 is 2.52 bits per heavy atom. The van der Waals surface area contributed by atoms with Crippen LogP contribution in [-0.4, -0.2) is 78.9 Å². The summed E-state index contributed by atoms with van der Waals surface area (Å²) in [6.07, 6.45) is 11.3. The number of carboxylic acids is 1. The summed E-state index contributed by atoms with van der Waals surface area (Å²) in [5, 5.41) is 12.5. The Balaban J connectivity index is 1.52. The molecule has 7 nitrogen and oxygen atoms in total. The number of aryl methyl sites for hydroxylation is 1. The number of likely N-dealkylation sites (tertiary alicyclic amines) is 1. The maximum absolute atomic E-state index is 13.5. The summed E-state index contributed by atoms with van der Waals surface area (Å²) >= 11 is 1.57. The molecular weight excluding hydrogens is 548 g/mol. The second kappa shape index (κ2) is 16.5. The van der Waals surface area contributed by atoms with Gasteiger partial charge in [-0.05, 0) is 84.9 Å². The molecule has 1 heterocycles. The van der Waals surface area contributed by atoms with Gasteiger partial charge in [-0.25, -0.2) is 4.79 Å². The molecule has 0 aromatic heterocycles. The van der Waals surface area contributed by atoms with Gasteiger partial charge >= 0.3 is 5.97 Å². The summed E-state index contributed by atoms with van der Waals surface area (Å²) in [7, 11) is 1.78. The smallest absolute Gasteiger partial charge is 0.326 e. The molecule has 1 amide bonds. The van der Waals surface area contributed by atoms with Gasteiger partial charge in [-0.2, -0.15) is 11.8 Å². The summed E-state index contributed by atoms with van der Waals surface area (Å²) in [5.41, 5.74) is 4.45. The normalized spacial score (nSPS) is 20.7. The highest BCUT2D eigenvalue weighted by Crippen LogP contribution is 2.31. The van der Waals surface area contributed by atoms with Gasteiger partial charge in [-0.1, -0.05) is 56.0 Å². The Bertz CT molecular complexity index is 1170. The molecule has 1 saturated carbocycles. The third kappa shape index (κ3) is 9.06. The van der Waals surface area contributed by atoms with E-state index in [2.05, 4.69) is 16.3 Å². The second-order valence-electron chi connectivity index (χ2n) is 11.9. The molecule has 42 heavy (non-hydrogen) atoms. The molecule has 0 spiro atoms. The average Bonchev–Trinajstić information content (AvgIpc) is 3.18. The highest BCUT2D eigenvalue weighted by molar-refractivity contribution is 7.98. The molecule has 8 heteroatoms. The van der Waals surface area contributed by atoms with Crippen molar-refractivity contribution >= 4 is 23.6 Å². The van der Waals surface area contributed by atoms with Gasteiger partial charge in [0.2, 0.25) is 0 Å². The average molecular weight is 597 g/mol. The fourth-order valence-corrected chi connectivity index (χ4v) is 6.80. The molecule has 1 aliphatic heterocycles. The van der Waals surface area contributed by atoms with Gasteiger partial charge in [-0.15, -0.1) is 0 Å². The molecule has 3 unspecified atom stereocenters. The number of thioether (sulfide) groups is 1. The number of nitrogens with one attached hydrogen (secondary N) is 1. The summed E-state index contributed by atoms with van der Waals surface area (Å²) in [5.74, 6) is -0.0402. The van der Waals surface area contributed by atoms with E-state index in [0.29, 0.717) is 30.3 Å². The maximum Gasteiger partial charge on any atom is 0.326 e. The number of benzene rings is 2. The van der Waals surface area contributed by atoms with Gasteiger partial charge in [0, 0.05) is 38.4 Å². The fourth-order valence-electron chi connectivity index (χ4n) is 6.33. The number of carboxylic acid groups (broad SMARTS) is 1. The van der Waals surface area contributed by atoms with E-state index in [9.17, 15) is 14.7 Å². The van der Waals surface area contributed by atoms with Crippen LogP contribution >= 0.6 is 11.8 Å². The number of methoxy groups -OCH3 is 1. The predicted molar refractivity (Wildman–Crippen MR) is 170 cm³/mol. The number of carbonyl (C=O) groups is 2. The van der Waals surface area contributed by atoms with Gasteiger partial charge in [0.1, 0.15) is 6.04 Å². The SMILES string of the molecule is COC1CC(COCC2CCCCCC2)N(Cc2ccc(C(=O)NC(CCSC)C(=O)O)c(-c3ccccc3C)c2)C1. The van der Waals surface area contributed by atoms with E-state index in [0.717, 1.165) is 48.4 Å². The van der Waals surface area contributed by atoms with Crippen molar-refractivity contribution in [2.45, 2.75) is 83.0 Å². The van der Waals surface area contributed by atoms with Crippen molar-refractivity contribution in [1.29, 1.82) is 0 Å². The summed E-state index contributed by atoms with van der Waals surface area (Å²) in [4.78, 5) is 27.7. The summed E-state index contributed by atoms with van der Waals surface area (Å²) in [6.45, 7) is 5.15. The highest BCUT2D eigenvalue weighted by atomic mass is 32.2. The molecule has 2 aromatic rings. The number of carbonyl (C=O) groups excluding carboxylic acids is 1. The molecule has 2 aliphatic rings. The molecule has 1 saturated heterocycles. The molecule has 230 valence electrons. The van der Waals surface area contributed by atoms with Crippen molar-refractivity contribution in [3.8, 4) is 11.1 Å². The van der Waals surface area contributed by atoms with Crippen LogP contribution in [0.1, 0.15) is 72.9 Å². The third-order valence-electron chi connectivity index (χ3n) is 8.82. The molecule has 4 rings (SSSR count). The minimum atomic E-state index is -1.01. The summed E-state index contributed by atoms with van der Waals surface area (Å²) in [6, 6.07) is 13.3. The van der Waals surface area contributed by atoms with Gasteiger partial charge in [-0.3, -0.25) is 9.69 Å². The van der Waals surface area contributed by atoms with E-state index < -0.39 is 12.0 Å². The molecule has 0 bridgehead atoms. The van der Waals surface area contributed by atoms with Crippen LogP contribution in [0.15, 0.2) is 42.5 Å². The zero-order chi connectivity index (χ0) is 29.9. The predicted octanol–water partition coefficient (Wildman–Crippen LogP) is 6.17. The largest absolute Gasteiger partial charge is 0.480 e. The molecule has 0 radical (unpaired) electrons. The number of nitrogens with zero attached hydrogens (tertiary/aromatic N) is 1. The molecule has 2 aromatic carbocycles. The summed E-state index contributed by atoms with van der Waals surface area (Å²) < 4.78 is 12.1. The molecular formula is C34H48N2O5S. The lowest BCUT2D eigenvalue weighted by Gasteiger charge is -2.26. The Hall–Kier alpha value is -2.39. The first kappa shape index (κ1) is 32.5. The van der Waals surface area contributed by atoms with Crippen molar-refractivity contribution in [3.63, 3.8) is 0 Å². The number of amides is 1. The Morgan fingerprint density at radius 1 is 1.07 bits per heavy atom. The standard InChI is InChI=1S/C34H48N2O5S/c1-24-10-8-9-13-29(24)31-18-26(14-15-30(31)33(37)35-32(34(38)39)16-17-42-3)20-36-21-28(40-2)19-27(36)23-41-22-25-11-6-4-5-7-12-25/h8-10,13-15,18,25,27-28,32H,4-7,11-12,16-17,19-23H2,1-3H3,(H,35,37)(H,38,39). The minimum Gasteiger partial charge on any atom is -0.480 e. The van der Waals surface area contributed by atoms with E-state index >= 15 is 0 Å². The van der Waals surface area contributed by atoms with Crippen LogP contribution in [-0.2, 0) is 20.8 Å². The van der Waals surface area contributed by atoms with Crippen LogP contribution in [0.3, 0.4) is 0 Å². The number of hydrogen-bond donors (Lipinski definition) is 2. The first-order valence-corrected chi connectivity index (χ1v) is 16.8. The van der Waals surface area contributed by atoms with Crippen LogP contribution in [0.5, 0.6) is 0 Å². The van der Waals surface area contributed by atoms with Crippen molar-refractivity contribution < 1.29 is 24.2 Å². The minimum absolute atomic E-state index is 0.173. The topological polar surface area (TPSA) is 88.1 Å². The van der Waals surface area contributed by atoms with E-state index in [1.54, 1.807) is 18.9 Å². The Labute approximate surface area is 255 Å². The Morgan fingerprint density at radius 2 is 1.83 bits per heavy atom. The molecule has 2 fully saturated rings. The molecule has 2 N–H and O–H groups in total. The highest BCUT2D eigenvalue weighted by Gasteiger charge is 2.33. The van der Waals surface area contributed by atoms with Crippen LogP contribution in [0.4, 0.5) is 0 Å². The first-order valence-electron chi connectivity index (χ1n) is 15.5. The van der Waals surface area contributed by atoms with Crippen molar-refractivity contribution in [1.82, 2.24) is 10.2 Å². The van der Waals surface area contributed by atoms with E-state index in [1.807, 2.05) is 49.6 Å². The second-order valence-corrected chi connectivity index (χ2v) is 12.9. The van der Waals surface area contributed by atoms with Crippen LogP contribution in [0.2, 0.25) is 0 Å². The van der Waals surface area contributed by atoms with E-state index in [1.165, 1.54) is 38.5 Å². The van der Waals surface area contributed by atoms with Gasteiger partial charge in [0.15, 0.2) is 0 Å². The molecule has 3 atom stereocenters. The molecule has 1 aliphatic carbocycles. The number of ether oxygens (including phenoxy) is 2. The fraction of sp³-hybridized carbons (Fsp3) is 0.588. The zero-order valence-electron chi connectivity index (χ0n) is 25.5. The van der Waals surface area contributed by atoms with Crippen molar-refractivity contribution in [2.24, 2.45) is 5.92 Å². The van der Waals surface area contributed by atoms with Crippen molar-refractivity contribution in [3.05, 3.63) is 59.2 Å². The number of hydrogen-bond acceptors (Lipinski definition) is 6. The third-order valence-corrected chi connectivity index (χ3v) is 9.47. The van der Waals surface area contributed by atoms with Crippen LogP contribution in [0.25, 0.3) is 11.1 Å². The van der Waals surface area contributed by atoms with Crippen molar-refractivity contribution in [2.75, 3.05) is 38.9 Å². The lowest BCUT2D eigenvalue weighted by Crippen LogP contribution is -2.41. The number of rotatable bonds is 14. The Kier molecular flexibility index (Phi) is 12.7. The lowest BCUT2D eigenvalue weighted by atomic mass is 9.93. The quantitative estimate of drug-likeness (QED) is 0.252. The van der Waals surface area contributed by atoms with E-state index in [4.69, 9.17) is 9.47 Å². The van der Waals surface area contributed by atoms with Gasteiger partial charge < -0.3 is 19.9 Å². The maximum atomic E-state index is 13.5. The monoisotopic (exact) mass is 596 g/mol. The zero-order valence-corrected chi connectivity index (χ0v) is 26.3. The van der Waals surface area contributed by atoms with Crippen LogP contribution in [0, 0.1) is 12.8 Å². The van der Waals surface area contributed by atoms with Crippen LogP contribution < -0.4 is 5.32 Å². The van der Waals surface area contributed by atoms with Gasteiger partial charge in [0.05, 0.1) is 12.7 Å². The van der Waals surface area contributed by atoms with E-state index in [-0.39, 0.29) is 18.1 Å². The number of aliphatic carboxylic acids is 1.